The Hall–Kier alpha value is -3.46. The lowest BCUT2D eigenvalue weighted by molar-refractivity contribution is -0.123. The fourth-order valence-corrected chi connectivity index (χ4v) is 2.87. The van der Waals surface area contributed by atoms with Gasteiger partial charge in [-0.3, -0.25) is 20.4 Å². The van der Waals surface area contributed by atoms with E-state index in [0.717, 1.165) is 10.7 Å². The lowest BCUT2D eigenvalue weighted by Crippen LogP contribution is -2.43. The number of para-hydroxylation sites is 1. The molecule has 1 aromatic heterocycles. The zero-order chi connectivity index (χ0) is 20.6. The Morgan fingerprint density at radius 3 is 2.52 bits per heavy atom. The first-order valence-corrected chi connectivity index (χ1v) is 9.49. The van der Waals surface area contributed by atoms with Gasteiger partial charge in [0.1, 0.15) is 12.4 Å². The number of nitrogens with zero attached hydrogens (tertiary/aromatic N) is 1. The summed E-state index contributed by atoms with van der Waals surface area (Å²) in [5.74, 6) is -1.16. The Morgan fingerprint density at radius 1 is 1.07 bits per heavy atom. The number of rotatable bonds is 7. The van der Waals surface area contributed by atoms with Crippen molar-refractivity contribution < 1.29 is 23.5 Å². The zero-order valence-corrected chi connectivity index (χ0v) is 16.3. The number of carbonyl (C=O) groups is 2. The predicted octanol–water partition coefficient (Wildman–Crippen LogP) is 3.01. The summed E-state index contributed by atoms with van der Waals surface area (Å²) in [5.41, 5.74) is 5.65. The van der Waals surface area contributed by atoms with Crippen molar-refractivity contribution in [2.75, 3.05) is 6.61 Å². The van der Waals surface area contributed by atoms with Crippen LogP contribution in [-0.2, 0) is 11.4 Å². The Kier molecular flexibility index (Phi) is 6.75. The SMILES string of the molecule is Cc1nc(COc2ccc(C(=O)NNC(=O)COc3ccccc3F)cc2)cs1. The summed E-state index contributed by atoms with van der Waals surface area (Å²) in [6.07, 6.45) is 0. The van der Waals surface area contributed by atoms with Gasteiger partial charge in [-0.2, -0.15) is 0 Å². The third-order valence-corrected chi connectivity index (χ3v) is 4.50. The van der Waals surface area contributed by atoms with Crippen LogP contribution in [0.4, 0.5) is 4.39 Å². The van der Waals surface area contributed by atoms with Gasteiger partial charge in [0, 0.05) is 10.9 Å². The molecule has 2 aromatic carbocycles. The van der Waals surface area contributed by atoms with E-state index in [9.17, 15) is 14.0 Å². The third kappa shape index (κ3) is 6.01. The molecule has 1 heterocycles. The highest BCUT2D eigenvalue weighted by atomic mass is 32.1. The fourth-order valence-electron chi connectivity index (χ4n) is 2.27. The number of hydrogen-bond donors (Lipinski definition) is 2. The molecule has 150 valence electrons. The molecule has 0 radical (unpaired) electrons. The number of ether oxygens (including phenoxy) is 2. The normalized spacial score (nSPS) is 10.3. The van der Waals surface area contributed by atoms with Gasteiger partial charge in [0.05, 0.1) is 10.7 Å². The second kappa shape index (κ2) is 9.65. The molecule has 3 aromatic rings. The molecule has 2 N–H and O–H groups in total. The summed E-state index contributed by atoms with van der Waals surface area (Å²) in [7, 11) is 0. The van der Waals surface area contributed by atoms with Crippen LogP contribution in [0.5, 0.6) is 11.5 Å². The van der Waals surface area contributed by atoms with Gasteiger partial charge in [-0.25, -0.2) is 9.37 Å². The molecule has 0 aliphatic carbocycles. The van der Waals surface area contributed by atoms with Crippen LogP contribution in [0.3, 0.4) is 0 Å². The molecular formula is C20H18FN3O4S. The minimum absolute atomic E-state index is 0.0441. The van der Waals surface area contributed by atoms with E-state index >= 15 is 0 Å². The minimum Gasteiger partial charge on any atom is -0.487 e. The number of hydrogen-bond acceptors (Lipinski definition) is 6. The van der Waals surface area contributed by atoms with Gasteiger partial charge in [0.15, 0.2) is 18.2 Å². The average Bonchev–Trinajstić information content (AvgIpc) is 3.15. The molecule has 0 fully saturated rings. The molecular weight excluding hydrogens is 397 g/mol. The Labute approximate surface area is 170 Å². The van der Waals surface area contributed by atoms with Gasteiger partial charge >= 0.3 is 0 Å². The molecule has 0 saturated heterocycles. The maximum absolute atomic E-state index is 13.4. The largest absolute Gasteiger partial charge is 0.487 e. The minimum atomic E-state index is -0.625. The molecule has 0 spiro atoms. The summed E-state index contributed by atoms with van der Waals surface area (Å²) in [6, 6.07) is 12.2. The number of aromatic nitrogens is 1. The summed E-state index contributed by atoms with van der Waals surface area (Å²) in [4.78, 5) is 28.1. The number of benzene rings is 2. The van der Waals surface area contributed by atoms with Crippen LogP contribution in [-0.4, -0.2) is 23.4 Å². The molecule has 7 nitrogen and oxygen atoms in total. The first kappa shape index (κ1) is 20.3. The van der Waals surface area contributed by atoms with E-state index in [2.05, 4.69) is 15.8 Å². The zero-order valence-electron chi connectivity index (χ0n) is 15.5. The summed E-state index contributed by atoms with van der Waals surface area (Å²) in [5, 5.41) is 2.90. The second-order valence-electron chi connectivity index (χ2n) is 5.89. The molecule has 0 saturated carbocycles. The van der Waals surface area contributed by atoms with Crippen molar-refractivity contribution in [2.24, 2.45) is 0 Å². The highest BCUT2D eigenvalue weighted by Crippen LogP contribution is 2.16. The van der Waals surface area contributed by atoms with E-state index in [0.29, 0.717) is 17.9 Å². The third-order valence-electron chi connectivity index (χ3n) is 3.68. The number of halogens is 1. The van der Waals surface area contributed by atoms with E-state index in [1.165, 1.54) is 18.2 Å². The topological polar surface area (TPSA) is 89.5 Å². The molecule has 0 aliphatic heterocycles. The molecule has 2 amide bonds. The lowest BCUT2D eigenvalue weighted by atomic mass is 10.2. The van der Waals surface area contributed by atoms with Crippen molar-refractivity contribution in [1.29, 1.82) is 0 Å². The quantitative estimate of drug-likeness (QED) is 0.579. The molecule has 0 unspecified atom stereocenters. The molecule has 29 heavy (non-hydrogen) atoms. The highest BCUT2D eigenvalue weighted by Gasteiger charge is 2.10. The summed E-state index contributed by atoms with van der Waals surface area (Å²) >= 11 is 1.55. The Morgan fingerprint density at radius 2 is 1.83 bits per heavy atom. The highest BCUT2D eigenvalue weighted by molar-refractivity contribution is 7.09. The fraction of sp³-hybridized carbons (Fsp3) is 0.150. The van der Waals surface area contributed by atoms with Gasteiger partial charge in [-0.15, -0.1) is 11.3 Å². The van der Waals surface area contributed by atoms with Crippen LogP contribution in [0.1, 0.15) is 21.1 Å². The van der Waals surface area contributed by atoms with Gasteiger partial charge in [-0.1, -0.05) is 12.1 Å². The first-order chi connectivity index (χ1) is 14.0. The van der Waals surface area contributed by atoms with E-state index < -0.39 is 24.2 Å². The summed E-state index contributed by atoms with van der Waals surface area (Å²) < 4.78 is 24.1. The standard InChI is InChI=1S/C20H18FN3O4S/c1-13-22-15(12-29-13)10-27-16-8-6-14(7-9-16)20(26)24-23-19(25)11-28-18-5-3-2-4-17(18)21/h2-9,12H,10-11H2,1H3,(H,23,25)(H,24,26). The second-order valence-corrected chi connectivity index (χ2v) is 6.95. The van der Waals surface area contributed by atoms with E-state index in [4.69, 9.17) is 9.47 Å². The maximum atomic E-state index is 13.4. The van der Waals surface area contributed by atoms with Crippen LogP contribution in [0.2, 0.25) is 0 Å². The molecule has 3 rings (SSSR count). The van der Waals surface area contributed by atoms with E-state index in [1.54, 1.807) is 41.7 Å². The molecule has 0 aliphatic rings. The number of hydrazine groups is 1. The number of thiazole rings is 1. The van der Waals surface area contributed by atoms with Crippen molar-refractivity contribution in [3.05, 3.63) is 76.0 Å². The number of nitrogens with one attached hydrogen (secondary N) is 2. The van der Waals surface area contributed by atoms with Crippen LogP contribution >= 0.6 is 11.3 Å². The van der Waals surface area contributed by atoms with Crippen LogP contribution < -0.4 is 20.3 Å². The monoisotopic (exact) mass is 415 g/mol. The molecule has 0 bridgehead atoms. The Balaban J connectivity index is 1.42. The smallest absolute Gasteiger partial charge is 0.276 e. The molecule has 9 heteroatoms. The van der Waals surface area contributed by atoms with Crippen molar-refractivity contribution in [3.63, 3.8) is 0 Å². The van der Waals surface area contributed by atoms with Crippen molar-refractivity contribution in [3.8, 4) is 11.5 Å². The van der Waals surface area contributed by atoms with Gasteiger partial charge in [-0.05, 0) is 43.3 Å². The van der Waals surface area contributed by atoms with Gasteiger partial charge in [0.25, 0.3) is 11.8 Å². The molecule has 0 atom stereocenters. The number of carbonyl (C=O) groups excluding carboxylic acids is 2. The number of amides is 2. The average molecular weight is 415 g/mol. The first-order valence-electron chi connectivity index (χ1n) is 8.61. The predicted molar refractivity (Wildman–Crippen MR) is 105 cm³/mol. The van der Waals surface area contributed by atoms with Crippen LogP contribution in [0.15, 0.2) is 53.9 Å². The van der Waals surface area contributed by atoms with Crippen molar-refractivity contribution in [2.45, 2.75) is 13.5 Å². The van der Waals surface area contributed by atoms with Crippen molar-refractivity contribution in [1.82, 2.24) is 15.8 Å². The maximum Gasteiger partial charge on any atom is 0.276 e. The summed E-state index contributed by atoms with van der Waals surface area (Å²) in [6.45, 7) is 1.82. The van der Waals surface area contributed by atoms with Gasteiger partial charge in [0.2, 0.25) is 0 Å². The van der Waals surface area contributed by atoms with Crippen LogP contribution in [0.25, 0.3) is 0 Å². The van der Waals surface area contributed by atoms with E-state index in [1.807, 2.05) is 12.3 Å². The lowest BCUT2D eigenvalue weighted by Gasteiger charge is -2.10. The Bertz CT molecular complexity index is 991. The van der Waals surface area contributed by atoms with Crippen molar-refractivity contribution >= 4 is 23.2 Å². The van der Waals surface area contributed by atoms with E-state index in [-0.39, 0.29) is 5.75 Å². The van der Waals surface area contributed by atoms with Gasteiger partial charge < -0.3 is 9.47 Å². The van der Waals surface area contributed by atoms with Crippen LogP contribution in [0, 0.1) is 12.7 Å². The number of aryl methyl sites for hydroxylation is 1.